The van der Waals surface area contributed by atoms with E-state index in [1.54, 1.807) is 12.1 Å². The van der Waals surface area contributed by atoms with Crippen molar-refractivity contribution in [2.45, 2.75) is 6.54 Å². The highest BCUT2D eigenvalue weighted by Crippen LogP contribution is 2.38. The fourth-order valence-corrected chi connectivity index (χ4v) is 3.71. The molecular weight excluding hydrogens is 382 g/mol. The molecule has 4 nitrogen and oxygen atoms in total. The van der Waals surface area contributed by atoms with E-state index in [9.17, 15) is 4.79 Å². The summed E-state index contributed by atoms with van der Waals surface area (Å²) in [5.41, 5.74) is 6.03. The molecule has 0 bridgehead atoms. The molecule has 3 aromatic rings. The second-order valence-electron chi connectivity index (χ2n) is 7.32. The zero-order valence-corrected chi connectivity index (χ0v) is 17.1. The van der Waals surface area contributed by atoms with Crippen molar-refractivity contribution in [3.63, 3.8) is 0 Å². The van der Waals surface area contributed by atoms with Gasteiger partial charge >= 0.3 is 0 Å². The lowest BCUT2D eigenvalue weighted by molar-refractivity contribution is -0.110. The zero-order chi connectivity index (χ0) is 20.4. The zero-order valence-electron chi connectivity index (χ0n) is 16.4. The smallest absolute Gasteiger partial charge is 0.258 e. The van der Waals surface area contributed by atoms with Crippen LogP contribution in [0.1, 0.15) is 16.7 Å². The Kier molecular flexibility index (Phi) is 5.38. The minimum atomic E-state index is -0.141. The molecule has 146 valence electrons. The molecule has 0 spiro atoms. The molecule has 29 heavy (non-hydrogen) atoms. The first-order valence-electron chi connectivity index (χ1n) is 9.43. The second-order valence-corrected chi connectivity index (χ2v) is 7.76. The Morgan fingerprint density at radius 3 is 2.55 bits per heavy atom. The first-order chi connectivity index (χ1) is 14.0. The molecule has 0 saturated carbocycles. The van der Waals surface area contributed by atoms with E-state index >= 15 is 0 Å². The summed E-state index contributed by atoms with van der Waals surface area (Å²) in [5.74, 6) is -0.141. The van der Waals surface area contributed by atoms with Gasteiger partial charge in [0.2, 0.25) is 0 Å². The number of hydrogen-bond acceptors (Lipinski definition) is 3. The maximum atomic E-state index is 12.9. The number of amides is 1. The fourth-order valence-electron chi connectivity index (χ4n) is 3.53. The predicted molar refractivity (Wildman–Crippen MR) is 121 cm³/mol. The first-order valence-corrected chi connectivity index (χ1v) is 9.81. The molecule has 3 aromatic carbocycles. The Morgan fingerprint density at radius 1 is 1.00 bits per heavy atom. The molecule has 5 heteroatoms. The van der Waals surface area contributed by atoms with E-state index in [1.165, 1.54) is 5.56 Å². The molecule has 0 aromatic heterocycles. The van der Waals surface area contributed by atoms with E-state index in [0.29, 0.717) is 10.6 Å². The minimum Gasteiger partial charge on any atom is -0.354 e. The highest BCUT2D eigenvalue weighted by atomic mass is 35.5. The van der Waals surface area contributed by atoms with Gasteiger partial charge in [0.1, 0.15) is 0 Å². The van der Waals surface area contributed by atoms with E-state index in [1.807, 2.05) is 62.6 Å². The number of carbonyl (C=O) groups excluding carboxylic acids is 1. The maximum Gasteiger partial charge on any atom is 0.258 e. The predicted octanol–water partition coefficient (Wildman–Crippen LogP) is 5.33. The van der Waals surface area contributed by atoms with Crippen molar-refractivity contribution in [2.75, 3.05) is 24.7 Å². The fraction of sp³-hybridized carbons (Fsp3) is 0.125. The molecule has 1 heterocycles. The Morgan fingerprint density at radius 2 is 1.79 bits per heavy atom. The van der Waals surface area contributed by atoms with Crippen LogP contribution in [0, 0.1) is 0 Å². The number of benzene rings is 3. The van der Waals surface area contributed by atoms with Crippen LogP contribution < -0.4 is 10.6 Å². The lowest BCUT2D eigenvalue weighted by Crippen LogP contribution is -2.12. The average Bonchev–Trinajstić information content (AvgIpc) is 3.01. The van der Waals surface area contributed by atoms with Crippen molar-refractivity contribution in [3.05, 3.63) is 94.5 Å². The van der Waals surface area contributed by atoms with Gasteiger partial charge in [0.25, 0.3) is 5.91 Å². The van der Waals surface area contributed by atoms with Crippen LogP contribution in [0.3, 0.4) is 0 Å². The third kappa shape index (κ3) is 4.19. The maximum absolute atomic E-state index is 12.9. The molecule has 1 aliphatic rings. The van der Waals surface area contributed by atoms with Gasteiger partial charge in [-0.05, 0) is 49.5 Å². The molecule has 1 aliphatic heterocycles. The topological polar surface area (TPSA) is 44.4 Å². The average molecular weight is 404 g/mol. The normalized spacial score (nSPS) is 14.6. The number of nitrogens with one attached hydrogen (secondary N) is 2. The number of fused-ring (bicyclic) bond motifs is 1. The standard InChI is InChI=1S/C24H22ClN3O/c1-28(2)15-16-7-6-10-19(13-16)26-23(17-8-4-3-5-9-17)22-20-12-11-18(25)14-21(20)27-24(22)29/h3-14,26H,15H2,1-2H3,(H,27,29). The number of hydrogen-bond donors (Lipinski definition) is 2. The lowest BCUT2D eigenvalue weighted by atomic mass is 10.00. The van der Waals surface area contributed by atoms with Crippen molar-refractivity contribution in [3.8, 4) is 0 Å². The highest BCUT2D eigenvalue weighted by molar-refractivity contribution is 6.38. The third-order valence-corrected chi connectivity index (χ3v) is 4.97. The second kappa shape index (κ2) is 8.11. The Balaban J connectivity index is 1.83. The van der Waals surface area contributed by atoms with E-state index in [0.717, 1.165) is 34.7 Å². The molecule has 0 radical (unpaired) electrons. The number of carbonyl (C=O) groups is 1. The van der Waals surface area contributed by atoms with Crippen LogP contribution in [0.25, 0.3) is 11.3 Å². The summed E-state index contributed by atoms with van der Waals surface area (Å²) in [6, 6.07) is 23.6. The monoisotopic (exact) mass is 403 g/mol. The summed E-state index contributed by atoms with van der Waals surface area (Å²) in [6.45, 7) is 0.842. The Bertz CT molecular complexity index is 1090. The highest BCUT2D eigenvalue weighted by Gasteiger charge is 2.28. The van der Waals surface area contributed by atoms with Gasteiger partial charge in [0, 0.05) is 22.8 Å². The summed E-state index contributed by atoms with van der Waals surface area (Å²) < 4.78 is 0. The van der Waals surface area contributed by atoms with Crippen LogP contribution in [-0.2, 0) is 11.3 Å². The van der Waals surface area contributed by atoms with Gasteiger partial charge < -0.3 is 15.5 Å². The van der Waals surface area contributed by atoms with Crippen LogP contribution >= 0.6 is 11.6 Å². The van der Waals surface area contributed by atoms with Crippen LogP contribution in [-0.4, -0.2) is 24.9 Å². The molecule has 0 saturated heterocycles. The van der Waals surface area contributed by atoms with Gasteiger partial charge in [-0.3, -0.25) is 4.79 Å². The van der Waals surface area contributed by atoms with Crippen molar-refractivity contribution in [1.29, 1.82) is 0 Å². The quantitative estimate of drug-likeness (QED) is 0.565. The largest absolute Gasteiger partial charge is 0.354 e. The summed E-state index contributed by atoms with van der Waals surface area (Å²) in [4.78, 5) is 15.0. The third-order valence-electron chi connectivity index (χ3n) is 4.73. The Labute approximate surface area is 175 Å². The lowest BCUT2D eigenvalue weighted by Gasteiger charge is -2.16. The van der Waals surface area contributed by atoms with Gasteiger partial charge in [0.15, 0.2) is 0 Å². The molecule has 0 atom stereocenters. The van der Waals surface area contributed by atoms with E-state index in [-0.39, 0.29) is 5.91 Å². The van der Waals surface area contributed by atoms with E-state index in [4.69, 9.17) is 11.6 Å². The van der Waals surface area contributed by atoms with Crippen molar-refractivity contribution in [1.82, 2.24) is 4.90 Å². The molecule has 0 aliphatic carbocycles. The molecule has 0 unspecified atom stereocenters. The molecule has 0 fully saturated rings. The minimum absolute atomic E-state index is 0.141. The molecule has 4 rings (SSSR count). The summed E-state index contributed by atoms with van der Waals surface area (Å²) in [6.07, 6.45) is 0. The number of rotatable bonds is 5. The molecular formula is C24H22ClN3O. The summed E-state index contributed by atoms with van der Waals surface area (Å²) in [5, 5.41) is 7.03. The first kappa shape index (κ1) is 19.2. The van der Waals surface area contributed by atoms with Crippen LogP contribution in [0.2, 0.25) is 5.02 Å². The Hall–Kier alpha value is -3.08. The van der Waals surface area contributed by atoms with Gasteiger partial charge in [-0.1, -0.05) is 60.1 Å². The van der Waals surface area contributed by atoms with Gasteiger partial charge in [-0.2, -0.15) is 0 Å². The van der Waals surface area contributed by atoms with Crippen LogP contribution in [0.4, 0.5) is 11.4 Å². The van der Waals surface area contributed by atoms with Crippen molar-refractivity contribution in [2.24, 2.45) is 0 Å². The molecule has 2 N–H and O–H groups in total. The van der Waals surface area contributed by atoms with Crippen molar-refractivity contribution < 1.29 is 4.79 Å². The summed E-state index contributed by atoms with van der Waals surface area (Å²) >= 11 is 6.12. The summed E-state index contributed by atoms with van der Waals surface area (Å²) in [7, 11) is 4.09. The molecule has 1 amide bonds. The van der Waals surface area contributed by atoms with Gasteiger partial charge in [-0.25, -0.2) is 0 Å². The number of anilines is 2. The van der Waals surface area contributed by atoms with Crippen LogP contribution in [0.5, 0.6) is 0 Å². The van der Waals surface area contributed by atoms with E-state index in [2.05, 4.69) is 27.7 Å². The van der Waals surface area contributed by atoms with Crippen LogP contribution in [0.15, 0.2) is 72.8 Å². The number of nitrogens with zero attached hydrogens (tertiary/aromatic N) is 1. The number of halogens is 1. The van der Waals surface area contributed by atoms with E-state index < -0.39 is 0 Å². The van der Waals surface area contributed by atoms with Gasteiger partial charge in [-0.15, -0.1) is 0 Å². The SMILES string of the molecule is CN(C)Cc1cccc(NC(=C2C(=O)Nc3cc(Cl)ccc32)c2ccccc2)c1. The van der Waals surface area contributed by atoms with Gasteiger partial charge in [0.05, 0.1) is 17.0 Å². The van der Waals surface area contributed by atoms with Crippen molar-refractivity contribution >= 4 is 40.2 Å².